The number of ether oxygens (including phenoxy) is 2. The molecule has 0 fully saturated rings. The van der Waals surface area contributed by atoms with E-state index in [9.17, 15) is 4.79 Å². The van der Waals surface area contributed by atoms with E-state index >= 15 is 0 Å². The van der Waals surface area contributed by atoms with E-state index in [1.54, 1.807) is 38.5 Å². The first kappa shape index (κ1) is 17.4. The van der Waals surface area contributed by atoms with Gasteiger partial charge < -0.3 is 9.47 Å². The average molecular weight is 349 g/mol. The topological polar surface area (TPSA) is 35.5 Å². The minimum absolute atomic E-state index is 0.173. The fourth-order valence-corrected chi connectivity index (χ4v) is 2.85. The Kier molecular flexibility index (Phi) is 6.13. The summed E-state index contributed by atoms with van der Waals surface area (Å²) in [6, 6.07) is 10.8. The maximum Gasteiger partial charge on any atom is 0.189 e. The molecule has 0 N–H and O–H groups in total. The number of allylic oxidation sites excluding steroid dienone is 1. The van der Waals surface area contributed by atoms with Crippen molar-refractivity contribution in [2.24, 2.45) is 0 Å². The van der Waals surface area contributed by atoms with Crippen molar-refractivity contribution in [1.29, 1.82) is 0 Å². The highest BCUT2D eigenvalue weighted by molar-refractivity contribution is 7.98. The van der Waals surface area contributed by atoms with E-state index in [0.29, 0.717) is 22.1 Å². The Hall–Kier alpha value is -1.91. The number of benzene rings is 2. The first-order valence-electron chi connectivity index (χ1n) is 6.87. The van der Waals surface area contributed by atoms with Gasteiger partial charge in [-0.05, 0) is 42.2 Å². The van der Waals surface area contributed by atoms with E-state index in [0.717, 1.165) is 10.5 Å². The van der Waals surface area contributed by atoms with Crippen LogP contribution in [0.2, 0.25) is 5.02 Å². The summed E-state index contributed by atoms with van der Waals surface area (Å²) in [6.45, 7) is 0. The predicted octanol–water partition coefficient (Wildman–Crippen LogP) is 4.98. The van der Waals surface area contributed by atoms with Crippen molar-refractivity contribution in [3.63, 3.8) is 0 Å². The molecule has 0 spiro atoms. The molecule has 23 heavy (non-hydrogen) atoms. The Morgan fingerprint density at radius 1 is 1.13 bits per heavy atom. The summed E-state index contributed by atoms with van der Waals surface area (Å²) in [5.41, 5.74) is 1.24. The number of rotatable bonds is 6. The molecular weight excluding hydrogens is 332 g/mol. The van der Waals surface area contributed by atoms with Crippen molar-refractivity contribution < 1.29 is 14.3 Å². The van der Waals surface area contributed by atoms with E-state index in [1.165, 1.54) is 17.8 Å². The third-order valence-corrected chi connectivity index (χ3v) is 4.39. The standard InChI is InChI=1S/C18H17ClO3S/c1-21-16-11-18(23-3)17(22-2)10-13(16)15(20)9-8-12-6-4-5-7-14(12)19/h4-11H,1-3H3. The third-order valence-electron chi connectivity index (χ3n) is 3.29. The van der Waals surface area contributed by atoms with Gasteiger partial charge in [-0.15, -0.1) is 11.8 Å². The Balaban J connectivity index is 2.37. The van der Waals surface area contributed by atoms with Crippen LogP contribution in [0, 0.1) is 0 Å². The molecule has 0 atom stereocenters. The van der Waals surface area contributed by atoms with Gasteiger partial charge in [0.05, 0.1) is 24.7 Å². The van der Waals surface area contributed by atoms with Gasteiger partial charge in [0.25, 0.3) is 0 Å². The maximum absolute atomic E-state index is 12.5. The SMILES string of the molecule is COc1cc(C(=O)C=Cc2ccccc2Cl)c(OC)cc1SC. The summed E-state index contributed by atoms with van der Waals surface area (Å²) in [5, 5.41) is 0.596. The van der Waals surface area contributed by atoms with Gasteiger partial charge in [-0.3, -0.25) is 4.79 Å². The summed E-state index contributed by atoms with van der Waals surface area (Å²) < 4.78 is 10.7. The van der Waals surface area contributed by atoms with Crippen molar-refractivity contribution in [3.8, 4) is 11.5 Å². The molecule has 0 aliphatic heterocycles. The van der Waals surface area contributed by atoms with Crippen LogP contribution in [-0.4, -0.2) is 26.3 Å². The van der Waals surface area contributed by atoms with Crippen molar-refractivity contribution in [2.75, 3.05) is 20.5 Å². The lowest BCUT2D eigenvalue weighted by molar-refractivity contribution is 0.104. The summed E-state index contributed by atoms with van der Waals surface area (Å²) >= 11 is 7.62. The van der Waals surface area contributed by atoms with Crippen LogP contribution in [0.1, 0.15) is 15.9 Å². The number of thioether (sulfide) groups is 1. The lowest BCUT2D eigenvalue weighted by Crippen LogP contribution is -2.01. The van der Waals surface area contributed by atoms with E-state index in [2.05, 4.69) is 0 Å². The number of carbonyl (C=O) groups is 1. The second-order valence-electron chi connectivity index (χ2n) is 4.63. The number of halogens is 1. The molecule has 3 nitrogen and oxygen atoms in total. The maximum atomic E-state index is 12.5. The minimum atomic E-state index is -0.173. The van der Waals surface area contributed by atoms with Gasteiger partial charge in [-0.2, -0.15) is 0 Å². The molecule has 0 heterocycles. The van der Waals surface area contributed by atoms with Gasteiger partial charge in [0.1, 0.15) is 11.5 Å². The largest absolute Gasteiger partial charge is 0.496 e. The van der Waals surface area contributed by atoms with Gasteiger partial charge in [0.2, 0.25) is 0 Å². The van der Waals surface area contributed by atoms with Crippen LogP contribution in [0.3, 0.4) is 0 Å². The average Bonchev–Trinajstić information content (AvgIpc) is 2.59. The highest BCUT2D eigenvalue weighted by Crippen LogP contribution is 2.35. The Morgan fingerprint density at radius 2 is 1.83 bits per heavy atom. The number of methoxy groups -OCH3 is 2. The predicted molar refractivity (Wildman–Crippen MR) is 96.1 cm³/mol. The van der Waals surface area contributed by atoms with Crippen molar-refractivity contribution in [1.82, 2.24) is 0 Å². The summed E-state index contributed by atoms with van der Waals surface area (Å²) in [4.78, 5) is 13.4. The summed E-state index contributed by atoms with van der Waals surface area (Å²) in [6.07, 6.45) is 5.12. The van der Waals surface area contributed by atoms with Crippen LogP contribution in [0.5, 0.6) is 11.5 Å². The normalized spacial score (nSPS) is 10.8. The molecule has 2 rings (SSSR count). The quantitative estimate of drug-likeness (QED) is 0.419. The fraction of sp³-hybridized carbons (Fsp3) is 0.167. The second kappa shape index (κ2) is 8.09. The monoisotopic (exact) mass is 348 g/mol. The molecule has 0 aromatic heterocycles. The lowest BCUT2D eigenvalue weighted by atomic mass is 10.1. The molecule has 0 saturated carbocycles. The number of hydrogen-bond acceptors (Lipinski definition) is 4. The Morgan fingerprint density at radius 3 is 2.43 bits per heavy atom. The van der Waals surface area contributed by atoms with Gasteiger partial charge in [0, 0.05) is 5.02 Å². The van der Waals surface area contributed by atoms with E-state index in [4.69, 9.17) is 21.1 Å². The zero-order valence-electron chi connectivity index (χ0n) is 13.1. The van der Waals surface area contributed by atoms with E-state index < -0.39 is 0 Å². The molecule has 120 valence electrons. The first-order valence-corrected chi connectivity index (χ1v) is 8.48. The molecule has 2 aromatic rings. The van der Waals surface area contributed by atoms with E-state index in [-0.39, 0.29) is 5.78 Å². The van der Waals surface area contributed by atoms with Gasteiger partial charge >= 0.3 is 0 Å². The van der Waals surface area contributed by atoms with Crippen molar-refractivity contribution in [2.45, 2.75) is 4.90 Å². The molecule has 5 heteroatoms. The number of hydrogen-bond donors (Lipinski definition) is 0. The Labute approximate surface area is 145 Å². The zero-order valence-corrected chi connectivity index (χ0v) is 14.7. The van der Waals surface area contributed by atoms with Crippen LogP contribution in [0.15, 0.2) is 47.4 Å². The fourth-order valence-electron chi connectivity index (χ4n) is 2.09. The van der Waals surface area contributed by atoms with Gasteiger partial charge in [-0.1, -0.05) is 29.8 Å². The van der Waals surface area contributed by atoms with Crippen LogP contribution in [0.25, 0.3) is 6.08 Å². The molecule has 0 amide bonds. The second-order valence-corrected chi connectivity index (χ2v) is 5.88. The van der Waals surface area contributed by atoms with Crippen molar-refractivity contribution >= 4 is 35.2 Å². The Bertz CT molecular complexity index is 741. The molecule has 0 unspecified atom stereocenters. The van der Waals surface area contributed by atoms with Crippen LogP contribution < -0.4 is 9.47 Å². The van der Waals surface area contributed by atoms with Crippen LogP contribution in [-0.2, 0) is 0 Å². The molecule has 0 bridgehead atoms. The summed E-state index contributed by atoms with van der Waals surface area (Å²) in [7, 11) is 3.12. The first-order chi connectivity index (χ1) is 11.1. The number of carbonyl (C=O) groups excluding carboxylic acids is 1. The molecule has 0 radical (unpaired) electrons. The number of ketones is 1. The van der Waals surface area contributed by atoms with Crippen LogP contribution >= 0.6 is 23.4 Å². The third kappa shape index (κ3) is 4.09. The smallest absolute Gasteiger partial charge is 0.189 e. The zero-order chi connectivity index (χ0) is 16.8. The summed E-state index contributed by atoms with van der Waals surface area (Å²) in [5.74, 6) is 0.990. The van der Waals surface area contributed by atoms with Gasteiger partial charge in [0.15, 0.2) is 5.78 Å². The molecule has 0 aliphatic rings. The van der Waals surface area contributed by atoms with E-state index in [1.807, 2.05) is 24.5 Å². The highest BCUT2D eigenvalue weighted by atomic mass is 35.5. The molecule has 0 saturated heterocycles. The molecule has 2 aromatic carbocycles. The van der Waals surface area contributed by atoms with Crippen LogP contribution in [0.4, 0.5) is 0 Å². The molecule has 0 aliphatic carbocycles. The minimum Gasteiger partial charge on any atom is -0.496 e. The van der Waals surface area contributed by atoms with Crippen molar-refractivity contribution in [3.05, 3.63) is 58.6 Å². The molecular formula is C18H17ClO3S. The van der Waals surface area contributed by atoms with Gasteiger partial charge in [-0.25, -0.2) is 0 Å². The highest BCUT2D eigenvalue weighted by Gasteiger charge is 2.15. The lowest BCUT2D eigenvalue weighted by Gasteiger charge is -2.12.